The highest BCUT2D eigenvalue weighted by atomic mass is 17.1. The maximum atomic E-state index is 11.2. The molecule has 0 saturated carbocycles. The van der Waals surface area contributed by atoms with Crippen LogP contribution < -0.4 is 5.46 Å². The van der Waals surface area contributed by atoms with Gasteiger partial charge in [0.15, 0.2) is 0 Å². The molecule has 2 N–H and O–H groups in total. The summed E-state index contributed by atoms with van der Waals surface area (Å²) in [7, 11) is -0.117. The second kappa shape index (κ2) is 4.93. The van der Waals surface area contributed by atoms with Gasteiger partial charge >= 0.3 is 13.1 Å². The summed E-state index contributed by atoms with van der Waals surface area (Å²) in [5.41, 5.74) is 1.40. The van der Waals surface area contributed by atoms with E-state index in [1.807, 2.05) is 0 Å². The number of hydrogen-bond acceptors (Lipinski definition) is 5. The van der Waals surface area contributed by atoms with E-state index in [9.17, 15) is 9.82 Å². The lowest BCUT2D eigenvalue weighted by molar-refractivity contribution is -0.154. The van der Waals surface area contributed by atoms with Crippen LogP contribution in [0.15, 0.2) is 18.2 Å². The number of carbonyl (C=O) groups is 1. The molecule has 0 fully saturated rings. The van der Waals surface area contributed by atoms with Gasteiger partial charge in [0, 0.05) is 0 Å². The molecule has 6 heteroatoms. The maximum Gasteiger partial charge on any atom is 0.522 e. The molecule has 15 heavy (non-hydrogen) atoms. The highest BCUT2D eigenvalue weighted by Gasteiger charge is 2.19. The van der Waals surface area contributed by atoms with Gasteiger partial charge in [-0.1, -0.05) is 11.6 Å². The second-order valence-corrected chi connectivity index (χ2v) is 3.02. The minimum Gasteiger partial charge on any atom is -0.465 e. The Morgan fingerprint density at radius 3 is 2.60 bits per heavy atom. The largest absolute Gasteiger partial charge is 0.522 e. The first-order valence-electron chi connectivity index (χ1n) is 4.27. The van der Waals surface area contributed by atoms with Gasteiger partial charge < -0.3 is 9.76 Å². The van der Waals surface area contributed by atoms with Crippen LogP contribution in [-0.2, 0) is 9.54 Å². The van der Waals surface area contributed by atoms with Crippen LogP contribution in [0.4, 0.5) is 0 Å². The van der Waals surface area contributed by atoms with E-state index in [-0.39, 0.29) is 0 Å². The van der Waals surface area contributed by atoms with Crippen LogP contribution in [0.25, 0.3) is 0 Å². The van der Waals surface area contributed by atoms with E-state index in [1.54, 1.807) is 13.0 Å². The smallest absolute Gasteiger partial charge is 0.465 e. The molecule has 5 nitrogen and oxygen atoms in total. The van der Waals surface area contributed by atoms with Gasteiger partial charge in [0.25, 0.3) is 0 Å². The maximum absolute atomic E-state index is 11.2. The van der Waals surface area contributed by atoms with Crippen LogP contribution in [0.1, 0.15) is 15.9 Å². The predicted octanol–water partition coefficient (Wildman–Crippen LogP) is -0.0413. The van der Waals surface area contributed by atoms with Gasteiger partial charge in [-0.15, -0.1) is 0 Å². The van der Waals surface area contributed by atoms with Crippen molar-refractivity contribution in [3.05, 3.63) is 29.3 Å². The van der Waals surface area contributed by atoms with E-state index in [0.29, 0.717) is 16.6 Å². The molecule has 0 aliphatic rings. The van der Waals surface area contributed by atoms with Crippen molar-refractivity contribution in [3.63, 3.8) is 0 Å². The first-order valence-corrected chi connectivity index (χ1v) is 4.27. The molecule has 1 aromatic carbocycles. The molecule has 0 atom stereocenters. The highest BCUT2D eigenvalue weighted by molar-refractivity contribution is 6.60. The van der Waals surface area contributed by atoms with Crippen LogP contribution in [0.2, 0.25) is 0 Å². The molecule has 0 radical (unpaired) electrons. The summed E-state index contributed by atoms with van der Waals surface area (Å²) in [5, 5.41) is 17.5. The summed E-state index contributed by atoms with van der Waals surface area (Å²) in [5.74, 6) is -0.455. The SMILES string of the molecule is COC(=O)c1ccc(B(O)OO)c(C)c1. The minimum atomic E-state index is -1.41. The van der Waals surface area contributed by atoms with Gasteiger partial charge in [0.1, 0.15) is 0 Å². The summed E-state index contributed by atoms with van der Waals surface area (Å²) in [6.45, 7) is 1.68. The molecular formula is C9H11BO5. The van der Waals surface area contributed by atoms with Crippen molar-refractivity contribution in [3.8, 4) is 0 Å². The van der Waals surface area contributed by atoms with Crippen LogP contribution in [0.5, 0.6) is 0 Å². The van der Waals surface area contributed by atoms with Gasteiger partial charge in [-0.05, 0) is 24.5 Å². The van der Waals surface area contributed by atoms with E-state index in [0.717, 1.165) is 0 Å². The van der Waals surface area contributed by atoms with Crippen LogP contribution in [-0.4, -0.2) is 30.5 Å². The third-order valence-electron chi connectivity index (χ3n) is 2.06. The van der Waals surface area contributed by atoms with Crippen molar-refractivity contribution in [2.75, 3.05) is 7.11 Å². The molecule has 0 aliphatic carbocycles. The van der Waals surface area contributed by atoms with Crippen molar-refractivity contribution in [1.29, 1.82) is 0 Å². The Morgan fingerprint density at radius 1 is 1.47 bits per heavy atom. The zero-order valence-electron chi connectivity index (χ0n) is 8.43. The van der Waals surface area contributed by atoms with E-state index >= 15 is 0 Å². The number of methoxy groups -OCH3 is 1. The van der Waals surface area contributed by atoms with Gasteiger partial charge in [0.05, 0.1) is 12.7 Å². The van der Waals surface area contributed by atoms with E-state index in [1.165, 1.54) is 19.2 Å². The third-order valence-corrected chi connectivity index (χ3v) is 2.06. The highest BCUT2D eigenvalue weighted by Crippen LogP contribution is 2.04. The van der Waals surface area contributed by atoms with Crippen molar-refractivity contribution >= 4 is 18.6 Å². The lowest BCUT2D eigenvalue weighted by Gasteiger charge is -2.07. The van der Waals surface area contributed by atoms with Gasteiger partial charge in [-0.25, -0.2) is 4.79 Å². The molecular weight excluding hydrogens is 199 g/mol. The number of aryl methyl sites for hydroxylation is 1. The molecule has 0 unspecified atom stereocenters. The number of hydrogen-bond donors (Lipinski definition) is 2. The molecule has 0 amide bonds. The molecule has 80 valence electrons. The van der Waals surface area contributed by atoms with Crippen molar-refractivity contribution in [2.45, 2.75) is 6.92 Å². The number of carbonyl (C=O) groups excluding carboxylic acids is 1. The fourth-order valence-electron chi connectivity index (χ4n) is 1.25. The predicted molar refractivity (Wildman–Crippen MR) is 53.8 cm³/mol. The molecule has 0 saturated heterocycles. The summed E-state index contributed by atoms with van der Waals surface area (Å²) in [4.78, 5) is 14.9. The Bertz CT molecular complexity index is 366. The first kappa shape index (κ1) is 11.7. The quantitative estimate of drug-likeness (QED) is 0.317. The normalized spacial score (nSPS) is 9.87. The van der Waals surface area contributed by atoms with E-state index in [2.05, 4.69) is 9.54 Å². The van der Waals surface area contributed by atoms with Gasteiger partial charge in [-0.2, -0.15) is 0 Å². The molecule has 0 aromatic heterocycles. The zero-order chi connectivity index (χ0) is 11.4. The fraction of sp³-hybridized carbons (Fsp3) is 0.222. The van der Waals surface area contributed by atoms with Crippen molar-refractivity contribution in [2.24, 2.45) is 0 Å². The van der Waals surface area contributed by atoms with Crippen molar-refractivity contribution in [1.82, 2.24) is 0 Å². The Labute approximate surface area is 87.3 Å². The Kier molecular flexibility index (Phi) is 3.84. The minimum absolute atomic E-state index is 0.379. The standard InChI is InChI=1S/C9H11BO5/c1-6-5-7(9(11)14-2)3-4-8(6)10(12)15-13/h3-5,12-13H,1-2H3. The summed E-state index contributed by atoms with van der Waals surface area (Å²) >= 11 is 0. The number of ether oxygens (including phenoxy) is 1. The summed E-state index contributed by atoms with van der Waals surface area (Å²) in [6, 6.07) is 4.52. The molecule has 0 aliphatic heterocycles. The van der Waals surface area contributed by atoms with Crippen LogP contribution in [0.3, 0.4) is 0 Å². The number of esters is 1. The van der Waals surface area contributed by atoms with Gasteiger partial charge in [0.2, 0.25) is 0 Å². The zero-order valence-corrected chi connectivity index (χ0v) is 8.43. The average molecular weight is 210 g/mol. The third kappa shape index (κ3) is 2.56. The number of rotatable bonds is 3. The number of benzene rings is 1. The summed E-state index contributed by atoms with van der Waals surface area (Å²) in [6.07, 6.45) is 0. The Hall–Kier alpha value is -1.37. The Morgan fingerprint density at radius 2 is 2.13 bits per heavy atom. The second-order valence-electron chi connectivity index (χ2n) is 3.02. The topological polar surface area (TPSA) is 76.0 Å². The van der Waals surface area contributed by atoms with Crippen LogP contribution in [0, 0.1) is 6.92 Å². The molecule has 0 spiro atoms. The van der Waals surface area contributed by atoms with Crippen molar-refractivity contribution < 1.29 is 24.6 Å². The lowest BCUT2D eigenvalue weighted by Crippen LogP contribution is -2.34. The molecule has 1 aromatic rings. The average Bonchev–Trinajstić information content (AvgIpc) is 2.26. The first-order chi connectivity index (χ1) is 7.10. The van der Waals surface area contributed by atoms with E-state index in [4.69, 9.17) is 5.26 Å². The van der Waals surface area contributed by atoms with Crippen LogP contribution >= 0.6 is 0 Å². The monoisotopic (exact) mass is 210 g/mol. The van der Waals surface area contributed by atoms with E-state index < -0.39 is 13.1 Å². The summed E-state index contributed by atoms with van der Waals surface area (Å²) < 4.78 is 4.54. The fourth-order valence-corrected chi connectivity index (χ4v) is 1.25. The molecule has 1 rings (SSSR count). The molecule has 0 bridgehead atoms. The Balaban J connectivity index is 3.03. The lowest BCUT2D eigenvalue weighted by atomic mass is 9.77. The van der Waals surface area contributed by atoms with Gasteiger partial charge in [-0.3, -0.25) is 10.1 Å². The molecule has 0 heterocycles.